The lowest BCUT2D eigenvalue weighted by Crippen LogP contribution is -2.32. The van der Waals surface area contributed by atoms with Gasteiger partial charge in [0.05, 0.1) is 6.10 Å². The van der Waals surface area contributed by atoms with Crippen LogP contribution < -0.4 is 0 Å². The molecule has 0 amide bonds. The number of aliphatic hydroxyl groups is 1. The highest BCUT2D eigenvalue weighted by molar-refractivity contribution is 4.95. The predicted octanol–water partition coefficient (Wildman–Crippen LogP) is 2.68. The van der Waals surface area contributed by atoms with Crippen LogP contribution in [0.5, 0.6) is 0 Å². The van der Waals surface area contributed by atoms with E-state index in [1.54, 1.807) is 0 Å². The molecule has 1 atom stereocenters. The van der Waals surface area contributed by atoms with Crippen LogP contribution in [-0.2, 0) is 13.5 Å². The molecular weight excluding hydrogens is 212 g/mol. The number of nitrogens with zero attached hydrogens (tertiary/aromatic N) is 2. The Kier molecular flexibility index (Phi) is 3.87. The van der Waals surface area contributed by atoms with Gasteiger partial charge in [0.1, 0.15) is 5.82 Å². The third-order valence-electron chi connectivity index (χ3n) is 4.57. The number of aromatic nitrogens is 2. The van der Waals surface area contributed by atoms with Gasteiger partial charge in [-0.25, -0.2) is 4.98 Å². The molecule has 96 valence electrons. The van der Waals surface area contributed by atoms with Gasteiger partial charge in [-0.2, -0.15) is 0 Å². The third kappa shape index (κ3) is 2.54. The van der Waals surface area contributed by atoms with Crippen LogP contribution in [-0.4, -0.2) is 20.8 Å². The second-order valence-electron chi connectivity index (χ2n) is 5.43. The van der Waals surface area contributed by atoms with E-state index >= 15 is 0 Å². The fourth-order valence-electron chi connectivity index (χ4n) is 3.21. The molecule has 1 N–H and O–H groups in total. The third-order valence-corrected chi connectivity index (χ3v) is 4.57. The van der Waals surface area contributed by atoms with Crippen LogP contribution in [0.25, 0.3) is 0 Å². The Labute approximate surface area is 104 Å². The van der Waals surface area contributed by atoms with Crippen LogP contribution in [0.3, 0.4) is 0 Å². The molecule has 2 rings (SSSR count). The van der Waals surface area contributed by atoms with Crippen molar-refractivity contribution in [2.24, 2.45) is 12.5 Å². The van der Waals surface area contributed by atoms with Gasteiger partial charge in [0.2, 0.25) is 0 Å². The van der Waals surface area contributed by atoms with Crippen LogP contribution in [0.2, 0.25) is 0 Å². The first-order valence-electron chi connectivity index (χ1n) is 6.82. The van der Waals surface area contributed by atoms with Crippen molar-refractivity contribution in [3.63, 3.8) is 0 Å². The van der Waals surface area contributed by atoms with E-state index in [1.807, 2.05) is 24.0 Å². The summed E-state index contributed by atoms with van der Waals surface area (Å²) in [5, 5.41) is 10.5. The number of hydrogen-bond acceptors (Lipinski definition) is 2. The molecule has 1 unspecified atom stereocenters. The van der Waals surface area contributed by atoms with Gasteiger partial charge in [-0.05, 0) is 31.1 Å². The van der Waals surface area contributed by atoms with Crippen LogP contribution in [0, 0.1) is 5.41 Å². The summed E-state index contributed by atoms with van der Waals surface area (Å²) >= 11 is 0. The van der Waals surface area contributed by atoms with Crippen molar-refractivity contribution in [2.75, 3.05) is 0 Å². The molecule has 0 bridgehead atoms. The Morgan fingerprint density at radius 3 is 2.71 bits per heavy atom. The van der Waals surface area contributed by atoms with E-state index in [0.29, 0.717) is 0 Å². The number of imidazole rings is 1. The standard InChI is InChI=1S/C14H24N2O/c1-3-14(8-4-5-9-14)12(17)6-7-13-15-10-11-16(13)2/h10-12,17H,3-9H2,1-2H3. The van der Waals surface area contributed by atoms with E-state index in [2.05, 4.69) is 11.9 Å². The lowest BCUT2D eigenvalue weighted by Gasteiger charge is -2.33. The van der Waals surface area contributed by atoms with Gasteiger partial charge in [-0.3, -0.25) is 0 Å². The second-order valence-corrected chi connectivity index (χ2v) is 5.43. The smallest absolute Gasteiger partial charge is 0.108 e. The Hall–Kier alpha value is -0.830. The Morgan fingerprint density at radius 1 is 1.47 bits per heavy atom. The van der Waals surface area contributed by atoms with Crippen LogP contribution in [0.15, 0.2) is 12.4 Å². The fourth-order valence-corrected chi connectivity index (χ4v) is 3.21. The van der Waals surface area contributed by atoms with Gasteiger partial charge in [-0.1, -0.05) is 19.8 Å². The fraction of sp³-hybridized carbons (Fsp3) is 0.786. The number of rotatable bonds is 5. The topological polar surface area (TPSA) is 38.1 Å². The summed E-state index contributed by atoms with van der Waals surface area (Å²) in [6.07, 6.45) is 11.4. The van der Waals surface area contributed by atoms with Crippen molar-refractivity contribution >= 4 is 0 Å². The average Bonchev–Trinajstić information content (AvgIpc) is 2.95. The summed E-state index contributed by atoms with van der Waals surface area (Å²) in [5.74, 6) is 1.08. The molecule has 0 aliphatic heterocycles. The first-order valence-corrected chi connectivity index (χ1v) is 6.82. The van der Waals surface area contributed by atoms with Gasteiger partial charge in [0.25, 0.3) is 0 Å². The molecule has 1 aromatic heterocycles. The summed E-state index contributed by atoms with van der Waals surface area (Å²) in [6, 6.07) is 0. The van der Waals surface area contributed by atoms with Gasteiger partial charge >= 0.3 is 0 Å². The van der Waals surface area contributed by atoms with E-state index in [9.17, 15) is 5.11 Å². The minimum Gasteiger partial charge on any atom is -0.393 e. The highest BCUT2D eigenvalue weighted by Gasteiger charge is 2.38. The summed E-state index contributed by atoms with van der Waals surface area (Å²) in [7, 11) is 2.01. The molecule has 3 nitrogen and oxygen atoms in total. The minimum atomic E-state index is -0.160. The van der Waals surface area contributed by atoms with Crippen LogP contribution in [0.4, 0.5) is 0 Å². The summed E-state index contributed by atoms with van der Waals surface area (Å²) in [5.41, 5.74) is 0.200. The van der Waals surface area contributed by atoms with E-state index < -0.39 is 0 Å². The molecule has 1 aliphatic rings. The number of aliphatic hydroxyl groups excluding tert-OH is 1. The molecule has 17 heavy (non-hydrogen) atoms. The SMILES string of the molecule is CCC1(C(O)CCc2nccn2C)CCCC1. The van der Waals surface area contributed by atoms with Crippen molar-refractivity contribution in [3.05, 3.63) is 18.2 Å². The first-order chi connectivity index (χ1) is 8.18. The van der Waals surface area contributed by atoms with E-state index in [-0.39, 0.29) is 11.5 Å². The molecule has 1 saturated carbocycles. The zero-order valence-corrected chi connectivity index (χ0v) is 11.0. The molecule has 0 saturated heterocycles. The van der Waals surface area contributed by atoms with Crippen molar-refractivity contribution in [2.45, 2.75) is 58.0 Å². The molecule has 1 heterocycles. The van der Waals surface area contributed by atoms with Crippen molar-refractivity contribution < 1.29 is 5.11 Å². The summed E-state index contributed by atoms with van der Waals surface area (Å²) in [6.45, 7) is 2.22. The normalized spacial score (nSPS) is 20.6. The maximum atomic E-state index is 10.5. The highest BCUT2D eigenvalue weighted by Crippen LogP contribution is 2.44. The molecule has 0 radical (unpaired) electrons. The summed E-state index contributed by atoms with van der Waals surface area (Å²) in [4.78, 5) is 4.31. The maximum absolute atomic E-state index is 10.5. The maximum Gasteiger partial charge on any atom is 0.108 e. The Balaban J connectivity index is 1.92. The van der Waals surface area contributed by atoms with Crippen LogP contribution in [0.1, 0.15) is 51.3 Å². The number of hydrogen-bond donors (Lipinski definition) is 1. The largest absolute Gasteiger partial charge is 0.393 e. The number of aryl methyl sites for hydroxylation is 2. The zero-order valence-electron chi connectivity index (χ0n) is 11.0. The molecule has 1 aliphatic carbocycles. The minimum absolute atomic E-state index is 0.160. The van der Waals surface area contributed by atoms with Gasteiger partial charge in [-0.15, -0.1) is 0 Å². The van der Waals surface area contributed by atoms with Gasteiger partial charge in [0, 0.05) is 25.9 Å². The predicted molar refractivity (Wildman–Crippen MR) is 68.7 cm³/mol. The van der Waals surface area contributed by atoms with E-state index in [1.165, 1.54) is 25.7 Å². The Morgan fingerprint density at radius 2 is 2.18 bits per heavy atom. The van der Waals surface area contributed by atoms with E-state index in [4.69, 9.17) is 0 Å². The van der Waals surface area contributed by atoms with Crippen molar-refractivity contribution in [1.29, 1.82) is 0 Å². The average molecular weight is 236 g/mol. The molecule has 0 spiro atoms. The molecule has 1 fully saturated rings. The lowest BCUT2D eigenvalue weighted by molar-refractivity contribution is 0.0188. The van der Waals surface area contributed by atoms with Gasteiger partial charge in [0.15, 0.2) is 0 Å². The zero-order chi connectivity index (χ0) is 12.3. The Bertz CT molecular complexity index is 353. The second kappa shape index (κ2) is 5.21. The van der Waals surface area contributed by atoms with Crippen molar-refractivity contribution in [3.8, 4) is 0 Å². The molecule has 0 aromatic carbocycles. The van der Waals surface area contributed by atoms with Crippen molar-refractivity contribution in [1.82, 2.24) is 9.55 Å². The highest BCUT2D eigenvalue weighted by atomic mass is 16.3. The molecule has 3 heteroatoms. The molecule has 1 aromatic rings. The van der Waals surface area contributed by atoms with Crippen LogP contribution >= 0.6 is 0 Å². The quantitative estimate of drug-likeness (QED) is 0.853. The summed E-state index contributed by atoms with van der Waals surface area (Å²) < 4.78 is 2.04. The van der Waals surface area contributed by atoms with Gasteiger partial charge < -0.3 is 9.67 Å². The monoisotopic (exact) mass is 236 g/mol. The lowest BCUT2D eigenvalue weighted by atomic mass is 9.76. The van der Waals surface area contributed by atoms with E-state index in [0.717, 1.165) is 25.1 Å². The molecular formula is C14H24N2O. The first kappa shape index (κ1) is 12.6.